The van der Waals surface area contributed by atoms with E-state index in [2.05, 4.69) is 5.32 Å². The van der Waals surface area contributed by atoms with Gasteiger partial charge in [-0.2, -0.15) is 4.58 Å². The fourth-order valence-corrected chi connectivity index (χ4v) is 5.34. The van der Waals surface area contributed by atoms with Crippen LogP contribution in [0.5, 0.6) is 0 Å². The molecule has 5 N–H and O–H groups in total. The van der Waals surface area contributed by atoms with Gasteiger partial charge in [0, 0.05) is 12.8 Å². The number of amides is 2. The van der Waals surface area contributed by atoms with Gasteiger partial charge in [-0.05, 0) is 56.3 Å². The molecule has 0 aromatic rings. The number of rotatable bonds is 9. The zero-order chi connectivity index (χ0) is 21.4. The second-order valence-corrected chi connectivity index (χ2v) is 9.43. The SMILES string of the molecule is NC(=O)[C@@H]1CCC[N+]1=C(O)[C@H](CCC[C@@H]1C[C@@H]1C(=O)O)NC(=O)OC1CC2CC2C1. The summed E-state index contributed by atoms with van der Waals surface area (Å²) in [5.74, 6) is -0.0387. The lowest BCUT2D eigenvalue weighted by atomic mass is 10.1. The topological polar surface area (TPSA) is 142 Å². The molecule has 0 spiro atoms. The lowest BCUT2D eigenvalue weighted by Crippen LogP contribution is -2.48. The van der Waals surface area contributed by atoms with E-state index in [0.717, 1.165) is 25.7 Å². The molecule has 3 saturated carbocycles. The third kappa shape index (κ3) is 4.70. The smallest absolute Gasteiger partial charge is 0.408 e. The molecule has 0 aromatic heterocycles. The number of ether oxygens (including phenoxy) is 1. The van der Waals surface area contributed by atoms with E-state index in [1.54, 1.807) is 4.58 Å². The molecular formula is C21H32N3O6+. The summed E-state index contributed by atoms with van der Waals surface area (Å²) in [6, 6.07) is -1.26. The first-order valence-corrected chi connectivity index (χ1v) is 11.1. The summed E-state index contributed by atoms with van der Waals surface area (Å²) in [7, 11) is 0. The molecule has 4 rings (SSSR count). The highest BCUT2D eigenvalue weighted by Crippen LogP contribution is 2.52. The normalized spacial score (nSPS) is 36.5. The van der Waals surface area contributed by atoms with Crippen molar-refractivity contribution in [3.05, 3.63) is 0 Å². The number of carbonyl (C=O) groups excluding carboxylic acids is 2. The number of aliphatic hydroxyl groups is 1. The number of primary amides is 1. The first kappa shape index (κ1) is 20.9. The van der Waals surface area contributed by atoms with Crippen LogP contribution in [-0.2, 0) is 14.3 Å². The molecule has 0 aromatic carbocycles. The number of nitrogens with zero attached hydrogens (tertiary/aromatic N) is 1. The van der Waals surface area contributed by atoms with Crippen LogP contribution in [0.25, 0.3) is 0 Å². The Bertz CT molecular complexity index is 743. The summed E-state index contributed by atoms with van der Waals surface area (Å²) in [4.78, 5) is 35.2. The number of alkyl carbamates (subject to hydrolysis) is 1. The fourth-order valence-electron chi connectivity index (χ4n) is 5.34. The number of carboxylic acids is 1. The lowest BCUT2D eigenvalue weighted by molar-refractivity contribution is -0.539. The number of hydrogen-bond donors (Lipinski definition) is 4. The van der Waals surface area contributed by atoms with Gasteiger partial charge in [-0.15, -0.1) is 0 Å². The second kappa shape index (κ2) is 8.43. The number of aliphatic carboxylic acids is 1. The lowest BCUT2D eigenvalue weighted by Gasteiger charge is -2.19. The largest absolute Gasteiger partial charge is 0.481 e. The predicted octanol–water partition coefficient (Wildman–Crippen LogP) is 1.39. The van der Waals surface area contributed by atoms with Crippen molar-refractivity contribution in [1.82, 2.24) is 5.32 Å². The maximum absolute atomic E-state index is 12.5. The molecule has 1 heterocycles. The third-order valence-electron chi connectivity index (χ3n) is 7.26. The molecule has 9 nitrogen and oxygen atoms in total. The van der Waals surface area contributed by atoms with Crippen molar-refractivity contribution < 1.29 is 33.9 Å². The minimum Gasteiger partial charge on any atom is -0.481 e. The summed E-state index contributed by atoms with van der Waals surface area (Å²) in [5.41, 5.74) is 5.47. The molecule has 2 amide bonds. The second-order valence-electron chi connectivity index (χ2n) is 9.43. The minimum absolute atomic E-state index is 0.0619. The van der Waals surface area contributed by atoms with E-state index >= 15 is 0 Å². The van der Waals surface area contributed by atoms with Crippen molar-refractivity contribution in [2.45, 2.75) is 76.0 Å². The van der Waals surface area contributed by atoms with Crippen molar-refractivity contribution in [3.8, 4) is 0 Å². The van der Waals surface area contributed by atoms with Crippen molar-refractivity contribution >= 4 is 23.9 Å². The van der Waals surface area contributed by atoms with Crippen LogP contribution in [0.2, 0.25) is 0 Å². The van der Waals surface area contributed by atoms with E-state index < -0.39 is 30.1 Å². The fraction of sp³-hybridized carbons (Fsp3) is 0.810. The van der Waals surface area contributed by atoms with Crippen LogP contribution in [0.4, 0.5) is 4.79 Å². The summed E-state index contributed by atoms with van der Waals surface area (Å²) in [5, 5.41) is 22.7. The third-order valence-corrected chi connectivity index (χ3v) is 7.26. The Morgan fingerprint density at radius 2 is 1.87 bits per heavy atom. The Labute approximate surface area is 175 Å². The summed E-state index contributed by atoms with van der Waals surface area (Å²) < 4.78 is 7.13. The van der Waals surface area contributed by atoms with E-state index in [9.17, 15) is 19.5 Å². The Kier molecular flexibility index (Phi) is 5.88. The number of hydrogen-bond acceptors (Lipinski definition) is 4. The number of nitrogens with two attached hydrogens (primary N) is 1. The van der Waals surface area contributed by atoms with Crippen LogP contribution in [-0.4, -0.2) is 63.4 Å². The van der Waals surface area contributed by atoms with Gasteiger partial charge in [0.15, 0.2) is 6.04 Å². The van der Waals surface area contributed by atoms with Gasteiger partial charge in [0.1, 0.15) is 12.6 Å². The molecule has 2 unspecified atom stereocenters. The van der Waals surface area contributed by atoms with Crippen molar-refractivity contribution in [3.63, 3.8) is 0 Å². The molecule has 3 aliphatic carbocycles. The van der Waals surface area contributed by atoms with Crippen molar-refractivity contribution in [2.75, 3.05) is 6.54 Å². The van der Waals surface area contributed by atoms with E-state index in [-0.39, 0.29) is 23.8 Å². The van der Waals surface area contributed by atoms with Crippen LogP contribution >= 0.6 is 0 Å². The highest BCUT2D eigenvalue weighted by atomic mass is 16.6. The molecule has 1 saturated heterocycles. The zero-order valence-corrected chi connectivity index (χ0v) is 17.2. The molecule has 0 bridgehead atoms. The first-order chi connectivity index (χ1) is 14.3. The Morgan fingerprint density at radius 3 is 2.50 bits per heavy atom. The van der Waals surface area contributed by atoms with Gasteiger partial charge in [-0.1, -0.05) is 6.42 Å². The van der Waals surface area contributed by atoms with E-state index in [1.165, 1.54) is 6.42 Å². The van der Waals surface area contributed by atoms with Crippen LogP contribution in [0.1, 0.15) is 57.8 Å². The zero-order valence-electron chi connectivity index (χ0n) is 17.2. The maximum Gasteiger partial charge on any atom is 0.408 e. The van der Waals surface area contributed by atoms with E-state index in [0.29, 0.717) is 44.1 Å². The van der Waals surface area contributed by atoms with Crippen LogP contribution in [0.3, 0.4) is 0 Å². The molecule has 4 aliphatic rings. The Morgan fingerprint density at radius 1 is 1.13 bits per heavy atom. The number of carbonyl (C=O) groups is 3. The molecule has 30 heavy (non-hydrogen) atoms. The molecule has 4 fully saturated rings. The summed E-state index contributed by atoms with van der Waals surface area (Å²) in [6.07, 6.45) is 6.26. The molecule has 9 heteroatoms. The van der Waals surface area contributed by atoms with Gasteiger partial charge < -0.3 is 26.0 Å². The van der Waals surface area contributed by atoms with Gasteiger partial charge in [0.25, 0.3) is 5.91 Å². The first-order valence-electron chi connectivity index (χ1n) is 11.1. The summed E-state index contributed by atoms with van der Waals surface area (Å²) in [6.45, 7) is 0.502. The van der Waals surface area contributed by atoms with Gasteiger partial charge in [-0.3, -0.25) is 9.59 Å². The van der Waals surface area contributed by atoms with Gasteiger partial charge in [-0.25, -0.2) is 4.79 Å². The monoisotopic (exact) mass is 422 g/mol. The Balaban J connectivity index is 1.37. The summed E-state index contributed by atoms with van der Waals surface area (Å²) >= 11 is 0. The number of aliphatic hydroxyl groups excluding tert-OH is 1. The van der Waals surface area contributed by atoms with Gasteiger partial charge in [0.05, 0.1) is 5.92 Å². The number of fused-ring (bicyclic) bond motifs is 1. The van der Waals surface area contributed by atoms with Crippen LogP contribution in [0.15, 0.2) is 0 Å². The average Bonchev–Trinajstić information content (AvgIpc) is 3.51. The minimum atomic E-state index is -0.761. The molecule has 6 atom stereocenters. The predicted molar refractivity (Wildman–Crippen MR) is 106 cm³/mol. The molecule has 1 aliphatic heterocycles. The van der Waals surface area contributed by atoms with Gasteiger partial charge >= 0.3 is 18.0 Å². The standard InChI is InChI=1S/C21H31N3O6/c22-18(25)17-5-2-6-24(17)19(26)16(4-1-3-11-10-15(11)20(27)28)23-21(29)30-14-8-12-7-13(12)9-14/h11-17H,1-10H2,(H4,22,23,25,27,28,29)/p+1/t11-,12?,13?,14?,15+,16+,17+/m1/s1. The molecule has 0 radical (unpaired) electrons. The van der Waals surface area contributed by atoms with Gasteiger partial charge in [0.2, 0.25) is 6.04 Å². The highest BCUT2D eigenvalue weighted by molar-refractivity contribution is 5.83. The molecular weight excluding hydrogens is 390 g/mol. The highest BCUT2D eigenvalue weighted by Gasteiger charge is 2.48. The average molecular weight is 423 g/mol. The van der Waals surface area contributed by atoms with Crippen molar-refractivity contribution in [2.24, 2.45) is 29.4 Å². The van der Waals surface area contributed by atoms with Crippen LogP contribution < -0.4 is 11.1 Å². The Hall–Kier alpha value is -2.32. The van der Waals surface area contributed by atoms with E-state index in [4.69, 9.17) is 15.6 Å². The maximum atomic E-state index is 12.5. The van der Waals surface area contributed by atoms with E-state index in [1.807, 2.05) is 0 Å². The van der Waals surface area contributed by atoms with Crippen LogP contribution in [0, 0.1) is 23.7 Å². The number of carboxylic acid groups (broad SMARTS) is 1. The number of nitrogens with one attached hydrogen (secondary N) is 1. The van der Waals surface area contributed by atoms with Crippen molar-refractivity contribution in [1.29, 1.82) is 0 Å². The molecule has 166 valence electrons. The quantitative estimate of drug-likeness (QED) is 0.327.